The number of aromatic nitrogens is 2. The lowest BCUT2D eigenvalue weighted by molar-refractivity contribution is -0.671. The van der Waals surface area contributed by atoms with Crippen LogP contribution in [0.3, 0.4) is 0 Å². The van der Waals surface area contributed by atoms with Gasteiger partial charge in [0.25, 0.3) is 5.91 Å². The first-order valence-corrected chi connectivity index (χ1v) is 6.62. The zero-order valence-electron chi connectivity index (χ0n) is 11.0. The van der Waals surface area contributed by atoms with Crippen molar-refractivity contribution in [1.82, 2.24) is 4.57 Å². The van der Waals surface area contributed by atoms with Gasteiger partial charge < -0.3 is 0 Å². The Bertz CT molecular complexity index is 632. The molecule has 2 rings (SSSR count). The van der Waals surface area contributed by atoms with E-state index in [0.29, 0.717) is 20.7 Å². The Balaban J connectivity index is 2.18. The number of benzene rings is 1. The van der Waals surface area contributed by atoms with Crippen molar-refractivity contribution in [2.75, 3.05) is 5.06 Å². The number of hydrogen-bond donors (Lipinski definition) is 1. The van der Waals surface area contributed by atoms with Crippen molar-refractivity contribution in [2.45, 2.75) is 13.5 Å². The number of rotatable bonds is 3. The van der Waals surface area contributed by atoms with E-state index in [-0.39, 0.29) is 12.2 Å². The lowest BCUT2D eigenvalue weighted by Gasteiger charge is -2.15. The largest absolute Gasteiger partial charge is 0.292 e. The summed E-state index contributed by atoms with van der Waals surface area (Å²) in [6, 6.07) is 2.99. The van der Waals surface area contributed by atoms with Crippen LogP contribution in [-0.4, -0.2) is 15.7 Å². The summed E-state index contributed by atoms with van der Waals surface area (Å²) < 4.78 is 3.46. The van der Waals surface area contributed by atoms with Gasteiger partial charge in [-0.05, 0) is 24.6 Å². The molecule has 5 nitrogen and oxygen atoms in total. The van der Waals surface area contributed by atoms with Crippen LogP contribution in [0.1, 0.15) is 5.56 Å². The Hall–Kier alpha value is -1.56. The van der Waals surface area contributed by atoms with Crippen molar-refractivity contribution in [1.29, 1.82) is 0 Å². The summed E-state index contributed by atoms with van der Waals surface area (Å²) in [4.78, 5) is 12.0. The number of hydrogen-bond acceptors (Lipinski definition) is 2. The first-order valence-electron chi connectivity index (χ1n) is 5.87. The van der Waals surface area contributed by atoms with Crippen LogP contribution in [0, 0.1) is 6.92 Å². The molecule has 0 saturated carbocycles. The number of hydroxylamine groups is 1. The third-order valence-electron chi connectivity index (χ3n) is 2.89. The fourth-order valence-electron chi connectivity index (χ4n) is 1.72. The highest BCUT2D eigenvalue weighted by molar-refractivity contribution is 6.36. The maximum absolute atomic E-state index is 12.0. The summed E-state index contributed by atoms with van der Waals surface area (Å²) >= 11 is 12.0. The molecule has 1 aromatic carbocycles. The van der Waals surface area contributed by atoms with Crippen LogP contribution in [0.4, 0.5) is 5.69 Å². The highest BCUT2D eigenvalue weighted by Crippen LogP contribution is 2.29. The molecule has 0 aliphatic heterocycles. The van der Waals surface area contributed by atoms with E-state index in [4.69, 9.17) is 23.2 Å². The van der Waals surface area contributed by atoms with Crippen molar-refractivity contribution >= 4 is 34.8 Å². The van der Waals surface area contributed by atoms with Crippen LogP contribution >= 0.6 is 23.2 Å². The van der Waals surface area contributed by atoms with Crippen LogP contribution in [0.25, 0.3) is 0 Å². The molecular formula is C13H14Cl2N3O2+. The third kappa shape index (κ3) is 3.12. The molecule has 106 valence electrons. The zero-order chi connectivity index (χ0) is 14.9. The standard InChI is InChI=1S/C13H14Cl2N3O2/c1-9-11(14)5-10(6-12(9)15)18(20)13(19)7-17-4-3-16(2)8-17/h3-6,8,20H,7H2,1-2H3/q+1. The van der Waals surface area contributed by atoms with E-state index in [0.717, 1.165) is 0 Å². The predicted octanol–water partition coefficient (Wildman–Crippen LogP) is 2.35. The molecular weight excluding hydrogens is 301 g/mol. The van der Waals surface area contributed by atoms with Crippen LogP contribution in [-0.2, 0) is 18.4 Å². The van der Waals surface area contributed by atoms with Crippen molar-refractivity contribution < 1.29 is 14.6 Å². The summed E-state index contributed by atoms with van der Waals surface area (Å²) in [6.45, 7) is 1.78. The van der Waals surface area contributed by atoms with Gasteiger partial charge in [-0.3, -0.25) is 10.0 Å². The molecule has 0 unspecified atom stereocenters. The molecule has 0 fully saturated rings. The molecule has 0 spiro atoms. The second kappa shape index (κ2) is 5.83. The van der Waals surface area contributed by atoms with Gasteiger partial charge >= 0.3 is 0 Å². The minimum Gasteiger partial charge on any atom is -0.281 e. The van der Waals surface area contributed by atoms with Gasteiger partial charge in [0.1, 0.15) is 12.4 Å². The van der Waals surface area contributed by atoms with Gasteiger partial charge in [0.15, 0.2) is 6.54 Å². The Morgan fingerprint density at radius 1 is 1.40 bits per heavy atom. The number of nitrogens with zero attached hydrogens (tertiary/aromatic N) is 3. The molecule has 0 aliphatic rings. The quantitative estimate of drug-likeness (QED) is 0.537. The second-order valence-electron chi connectivity index (χ2n) is 4.49. The van der Waals surface area contributed by atoms with Crippen LogP contribution < -0.4 is 9.63 Å². The number of carbonyl (C=O) groups excluding carboxylic acids is 1. The molecule has 20 heavy (non-hydrogen) atoms. The highest BCUT2D eigenvalue weighted by atomic mass is 35.5. The van der Waals surface area contributed by atoms with E-state index in [9.17, 15) is 10.0 Å². The Kier molecular flexibility index (Phi) is 4.32. The first kappa shape index (κ1) is 14.8. The highest BCUT2D eigenvalue weighted by Gasteiger charge is 2.18. The van der Waals surface area contributed by atoms with Gasteiger partial charge in [-0.2, -0.15) is 5.06 Å². The summed E-state index contributed by atoms with van der Waals surface area (Å²) in [5.41, 5.74) is 0.947. The smallest absolute Gasteiger partial charge is 0.281 e. The van der Waals surface area contributed by atoms with Crippen LogP contribution in [0.15, 0.2) is 30.9 Å². The van der Waals surface area contributed by atoms with Gasteiger partial charge in [-0.1, -0.05) is 23.2 Å². The predicted molar refractivity (Wildman–Crippen MR) is 76.1 cm³/mol. The average Bonchev–Trinajstić information content (AvgIpc) is 2.79. The topological polar surface area (TPSA) is 49.4 Å². The third-order valence-corrected chi connectivity index (χ3v) is 3.67. The number of imidazole rings is 1. The monoisotopic (exact) mass is 314 g/mol. The Morgan fingerprint density at radius 3 is 2.50 bits per heavy atom. The van der Waals surface area contributed by atoms with Crippen LogP contribution in [0.2, 0.25) is 10.0 Å². The fourth-order valence-corrected chi connectivity index (χ4v) is 2.19. The average molecular weight is 315 g/mol. The maximum Gasteiger partial charge on any atom is 0.292 e. The zero-order valence-corrected chi connectivity index (χ0v) is 12.6. The molecule has 1 amide bonds. The molecule has 0 bridgehead atoms. The van der Waals surface area contributed by atoms with Crippen molar-refractivity contribution in [3.63, 3.8) is 0 Å². The summed E-state index contributed by atoms with van der Waals surface area (Å²) in [5.74, 6) is -0.489. The van der Waals surface area contributed by atoms with Crippen LogP contribution in [0.5, 0.6) is 0 Å². The lowest BCUT2D eigenvalue weighted by Crippen LogP contribution is -2.31. The van der Waals surface area contributed by atoms with E-state index < -0.39 is 5.91 Å². The lowest BCUT2D eigenvalue weighted by atomic mass is 10.2. The van der Waals surface area contributed by atoms with Gasteiger partial charge in [0.05, 0.1) is 12.7 Å². The molecule has 0 radical (unpaired) electrons. The van der Waals surface area contributed by atoms with E-state index >= 15 is 0 Å². The minimum absolute atomic E-state index is 0.0143. The van der Waals surface area contributed by atoms with Crippen molar-refractivity contribution in [3.05, 3.63) is 46.5 Å². The fraction of sp³-hybridized carbons (Fsp3) is 0.231. The van der Waals surface area contributed by atoms with Crippen molar-refractivity contribution in [3.8, 4) is 0 Å². The van der Waals surface area contributed by atoms with E-state index in [1.165, 1.54) is 12.1 Å². The second-order valence-corrected chi connectivity index (χ2v) is 5.31. The molecule has 1 N–H and O–H groups in total. The SMILES string of the molecule is Cc1c(Cl)cc(N(O)C(=O)Cn2cc[n+](C)c2)cc1Cl. The van der Waals surface area contributed by atoms with E-state index in [1.807, 2.05) is 7.05 Å². The molecule has 0 atom stereocenters. The minimum atomic E-state index is -0.489. The summed E-state index contributed by atoms with van der Waals surface area (Å²) in [7, 11) is 1.84. The Morgan fingerprint density at radius 2 is 2.00 bits per heavy atom. The first-order chi connectivity index (χ1) is 9.38. The molecule has 2 aromatic rings. The van der Waals surface area contributed by atoms with E-state index in [1.54, 1.807) is 34.8 Å². The molecule has 0 saturated heterocycles. The number of carbonyl (C=O) groups is 1. The number of amides is 1. The number of anilines is 1. The van der Waals surface area contributed by atoms with Gasteiger partial charge in [-0.15, -0.1) is 0 Å². The number of aryl methyl sites for hydroxylation is 1. The molecule has 1 heterocycles. The van der Waals surface area contributed by atoms with Gasteiger partial charge in [-0.25, -0.2) is 9.13 Å². The molecule has 7 heteroatoms. The van der Waals surface area contributed by atoms with Crippen molar-refractivity contribution in [2.24, 2.45) is 7.05 Å². The normalized spacial score (nSPS) is 10.7. The molecule has 0 aliphatic carbocycles. The number of halogens is 2. The van der Waals surface area contributed by atoms with Gasteiger partial charge in [0.2, 0.25) is 6.33 Å². The maximum atomic E-state index is 12.0. The summed E-state index contributed by atoms with van der Waals surface area (Å²) in [6.07, 6.45) is 5.27. The van der Waals surface area contributed by atoms with Gasteiger partial charge in [0, 0.05) is 10.0 Å². The van der Waals surface area contributed by atoms with E-state index in [2.05, 4.69) is 0 Å². The molecule has 1 aromatic heterocycles. The Labute approximate surface area is 126 Å². The summed E-state index contributed by atoms with van der Waals surface area (Å²) in [5, 5.41) is 11.3.